The van der Waals surface area contributed by atoms with Crippen LogP contribution < -0.4 is 5.73 Å². The summed E-state index contributed by atoms with van der Waals surface area (Å²) < 4.78 is 0. The van der Waals surface area contributed by atoms with E-state index >= 15 is 0 Å². The van der Waals surface area contributed by atoms with Gasteiger partial charge >= 0.3 is 0 Å². The largest absolute Gasteiger partial charge is 0.325 e. The van der Waals surface area contributed by atoms with Gasteiger partial charge in [0, 0.05) is 17.8 Å². The van der Waals surface area contributed by atoms with Crippen LogP contribution in [0, 0.1) is 6.92 Å². The zero-order valence-corrected chi connectivity index (χ0v) is 12.1. The lowest BCUT2D eigenvalue weighted by Gasteiger charge is -2.06. The number of benzene rings is 1. The number of thiazole rings is 1. The van der Waals surface area contributed by atoms with Gasteiger partial charge in [-0.05, 0) is 24.0 Å². The van der Waals surface area contributed by atoms with Gasteiger partial charge in [-0.2, -0.15) is 0 Å². The van der Waals surface area contributed by atoms with Crippen molar-refractivity contribution in [3.8, 4) is 0 Å². The molecule has 2 aromatic rings. The van der Waals surface area contributed by atoms with Crippen molar-refractivity contribution in [3.63, 3.8) is 0 Å². The van der Waals surface area contributed by atoms with Crippen LogP contribution >= 0.6 is 11.3 Å². The number of hydrogen-bond acceptors (Lipinski definition) is 3. The summed E-state index contributed by atoms with van der Waals surface area (Å²) in [6.45, 7) is 7.04. The fourth-order valence-corrected chi connectivity index (χ4v) is 2.93. The first-order valence-corrected chi connectivity index (χ1v) is 7.16. The van der Waals surface area contributed by atoms with Crippen LogP contribution in [0.4, 0.5) is 0 Å². The maximum absolute atomic E-state index is 5.63. The fourth-order valence-electron chi connectivity index (χ4n) is 1.95. The summed E-state index contributed by atoms with van der Waals surface area (Å²) in [4.78, 5) is 5.79. The van der Waals surface area contributed by atoms with Gasteiger partial charge in [-0.15, -0.1) is 11.3 Å². The summed E-state index contributed by atoms with van der Waals surface area (Å²) >= 11 is 1.73. The third-order valence-electron chi connectivity index (χ3n) is 3.12. The van der Waals surface area contributed by atoms with Crippen molar-refractivity contribution in [1.29, 1.82) is 0 Å². The smallest absolute Gasteiger partial charge is 0.107 e. The van der Waals surface area contributed by atoms with Crippen molar-refractivity contribution < 1.29 is 0 Å². The molecule has 2 rings (SSSR count). The van der Waals surface area contributed by atoms with Gasteiger partial charge in [0.1, 0.15) is 5.01 Å². The lowest BCUT2D eigenvalue weighted by atomic mass is 10.0. The van der Waals surface area contributed by atoms with E-state index in [1.54, 1.807) is 11.3 Å². The number of hydrogen-bond donors (Lipinski definition) is 1. The second-order valence-electron chi connectivity index (χ2n) is 4.89. The molecule has 0 aliphatic rings. The van der Waals surface area contributed by atoms with Crippen LogP contribution in [0.2, 0.25) is 0 Å². The topological polar surface area (TPSA) is 38.9 Å². The monoisotopic (exact) mass is 260 g/mol. The summed E-state index contributed by atoms with van der Waals surface area (Å²) in [5.41, 5.74) is 9.48. The first kappa shape index (κ1) is 13.2. The molecule has 0 radical (unpaired) electrons. The minimum absolute atomic E-state index is 0.539. The zero-order chi connectivity index (χ0) is 13.1. The molecule has 1 aromatic heterocycles. The van der Waals surface area contributed by atoms with E-state index in [4.69, 9.17) is 5.73 Å². The van der Waals surface area contributed by atoms with Gasteiger partial charge < -0.3 is 5.73 Å². The molecule has 0 saturated carbocycles. The Morgan fingerprint density at radius 1 is 1.22 bits per heavy atom. The van der Waals surface area contributed by atoms with Gasteiger partial charge in [-0.25, -0.2) is 4.98 Å². The van der Waals surface area contributed by atoms with E-state index in [0.717, 1.165) is 17.1 Å². The van der Waals surface area contributed by atoms with Crippen molar-refractivity contribution in [2.75, 3.05) is 0 Å². The molecule has 0 aliphatic carbocycles. The Labute approximate surface area is 113 Å². The zero-order valence-electron chi connectivity index (χ0n) is 11.2. The summed E-state index contributed by atoms with van der Waals surface area (Å²) in [6, 6.07) is 8.88. The summed E-state index contributed by atoms with van der Waals surface area (Å²) in [7, 11) is 0. The highest BCUT2D eigenvalue weighted by Gasteiger charge is 2.07. The Balaban J connectivity index is 2.15. The molecule has 0 atom stereocenters. The highest BCUT2D eigenvalue weighted by Crippen LogP contribution is 2.22. The Kier molecular flexibility index (Phi) is 4.15. The molecule has 0 bridgehead atoms. The summed E-state index contributed by atoms with van der Waals surface area (Å²) in [5, 5.41) is 1.03. The first-order chi connectivity index (χ1) is 8.60. The molecule has 18 heavy (non-hydrogen) atoms. The molecule has 3 heteroatoms. The predicted octanol–water partition coefficient (Wildman–Crippen LogP) is 3.62. The molecule has 0 aliphatic heterocycles. The summed E-state index contributed by atoms with van der Waals surface area (Å²) in [5.74, 6) is 0.591. The fraction of sp³-hybridized carbons (Fsp3) is 0.400. The molecule has 0 fully saturated rings. The maximum atomic E-state index is 5.63. The molecular formula is C15H20N2S. The SMILES string of the molecule is Cc1nc(CN)sc1Cc1ccc(C(C)C)cc1. The van der Waals surface area contributed by atoms with Crippen LogP contribution in [0.25, 0.3) is 0 Å². The quantitative estimate of drug-likeness (QED) is 0.911. The Morgan fingerprint density at radius 2 is 1.89 bits per heavy atom. The van der Waals surface area contributed by atoms with Crippen molar-refractivity contribution in [2.45, 2.75) is 39.7 Å². The number of nitrogens with two attached hydrogens (primary N) is 1. The minimum Gasteiger partial charge on any atom is -0.325 e. The van der Waals surface area contributed by atoms with Crippen molar-refractivity contribution >= 4 is 11.3 Å². The standard InChI is InChI=1S/C15H20N2S/c1-10(2)13-6-4-12(5-7-13)8-14-11(3)17-15(9-16)18-14/h4-7,10H,8-9,16H2,1-3H3. The Hall–Kier alpha value is -1.19. The van der Waals surface area contributed by atoms with Crippen LogP contribution in [-0.4, -0.2) is 4.98 Å². The van der Waals surface area contributed by atoms with E-state index in [1.807, 2.05) is 0 Å². The van der Waals surface area contributed by atoms with Gasteiger partial charge in [0.25, 0.3) is 0 Å². The molecule has 2 N–H and O–H groups in total. The highest BCUT2D eigenvalue weighted by atomic mass is 32.1. The minimum atomic E-state index is 0.539. The third kappa shape index (κ3) is 2.98. The molecule has 0 saturated heterocycles. The van der Waals surface area contributed by atoms with Gasteiger partial charge in [0.2, 0.25) is 0 Å². The van der Waals surface area contributed by atoms with Crippen LogP contribution in [-0.2, 0) is 13.0 Å². The average Bonchev–Trinajstić information content (AvgIpc) is 2.71. The van der Waals surface area contributed by atoms with Crippen LogP contribution in [0.15, 0.2) is 24.3 Å². The third-order valence-corrected chi connectivity index (χ3v) is 4.30. The van der Waals surface area contributed by atoms with Crippen molar-refractivity contribution in [2.24, 2.45) is 5.73 Å². The summed E-state index contributed by atoms with van der Waals surface area (Å²) in [6.07, 6.45) is 0.960. The van der Waals surface area contributed by atoms with E-state index in [1.165, 1.54) is 16.0 Å². The maximum Gasteiger partial charge on any atom is 0.107 e. The highest BCUT2D eigenvalue weighted by molar-refractivity contribution is 7.11. The van der Waals surface area contributed by atoms with Crippen LogP contribution in [0.3, 0.4) is 0 Å². The Bertz CT molecular complexity index is 512. The van der Waals surface area contributed by atoms with E-state index in [-0.39, 0.29) is 0 Å². The van der Waals surface area contributed by atoms with E-state index in [0.29, 0.717) is 12.5 Å². The second-order valence-corrected chi connectivity index (χ2v) is 6.06. The Morgan fingerprint density at radius 3 is 2.39 bits per heavy atom. The molecule has 2 nitrogen and oxygen atoms in total. The number of nitrogens with zero attached hydrogens (tertiary/aromatic N) is 1. The molecule has 1 heterocycles. The lowest BCUT2D eigenvalue weighted by molar-refractivity contribution is 0.865. The molecular weight excluding hydrogens is 240 g/mol. The molecule has 0 spiro atoms. The van der Waals surface area contributed by atoms with Gasteiger partial charge in [0.15, 0.2) is 0 Å². The van der Waals surface area contributed by atoms with Crippen molar-refractivity contribution in [3.05, 3.63) is 51.0 Å². The molecule has 0 unspecified atom stereocenters. The number of rotatable bonds is 4. The molecule has 1 aromatic carbocycles. The van der Waals surface area contributed by atoms with Crippen molar-refractivity contribution in [1.82, 2.24) is 4.98 Å². The van der Waals surface area contributed by atoms with Gasteiger partial charge in [-0.3, -0.25) is 0 Å². The predicted molar refractivity (Wildman–Crippen MR) is 78.1 cm³/mol. The van der Waals surface area contributed by atoms with Crippen LogP contribution in [0.1, 0.15) is 46.5 Å². The molecule has 0 amide bonds. The number of aryl methyl sites for hydroxylation is 1. The van der Waals surface area contributed by atoms with E-state index < -0.39 is 0 Å². The number of aromatic nitrogens is 1. The lowest BCUT2D eigenvalue weighted by Crippen LogP contribution is -1.94. The average molecular weight is 260 g/mol. The van der Waals surface area contributed by atoms with E-state index in [9.17, 15) is 0 Å². The normalized spacial score (nSPS) is 11.2. The molecule has 96 valence electrons. The van der Waals surface area contributed by atoms with Crippen LogP contribution in [0.5, 0.6) is 0 Å². The van der Waals surface area contributed by atoms with Gasteiger partial charge in [0.05, 0.1) is 5.69 Å². The van der Waals surface area contributed by atoms with Gasteiger partial charge in [-0.1, -0.05) is 38.1 Å². The van der Waals surface area contributed by atoms with E-state index in [2.05, 4.69) is 50.0 Å². The second kappa shape index (κ2) is 5.63. The first-order valence-electron chi connectivity index (χ1n) is 6.34.